The van der Waals surface area contributed by atoms with Crippen molar-refractivity contribution < 1.29 is 13.7 Å². The number of anilines is 2. The van der Waals surface area contributed by atoms with E-state index in [1.165, 1.54) is 12.1 Å². The van der Waals surface area contributed by atoms with E-state index < -0.39 is 0 Å². The maximum atomic E-state index is 13.6. The highest BCUT2D eigenvalue weighted by molar-refractivity contribution is 6.09. The minimum Gasteiger partial charge on any atom is -0.371 e. The molecule has 0 atom stereocenters. The van der Waals surface area contributed by atoms with Gasteiger partial charge >= 0.3 is 0 Å². The lowest BCUT2D eigenvalue weighted by atomic mass is 10.1. The summed E-state index contributed by atoms with van der Waals surface area (Å²) in [5, 5.41) is 3.81. The first kappa shape index (κ1) is 13.6. The van der Waals surface area contributed by atoms with Gasteiger partial charge in [0.25, 0.3) is 5.91 Å². The summed E-state index contributed by atoms with van der Waals surface area (Å²) in [4.78, 5) is 16.4. The Kier molecular flexibility index (Phi) is 3.16. The van der Waals surface area contributed by atoms with Crippen LogP contribution in [0, 0.1) is 19.7 Å². The molecule has 0 radical (unpaired) electrons. The van der Waals surface area contributed by atoms with Crippen molar-refractivity contribution in [2.45, 2.75) is 13.8 Å². The van der Waals surface area contributed by atoms with Gasteiger partial charge in [-0.2, -0.15) is 0 Å². The van der Waals surface area contributed by atoms with Crippen LogP contribution in [0.3, 0.4) is 0 Å². The Bertz CT molecular complexity index is 691. The van der Waals surface area contributed by atoms with Crippen molar-refractivity contribution in [2.75, 3.05) is 29.9 Å². The van der Waals surface area contributed by atoms with E-state index >= 15 is 0 Å². The molecule has 0 saturated heterocycles. The Labute approximate surface area is 121 Å². The van der Waals surface area contributed by atoms with Gasteiger partial charge in [0.05, 0.1) is 17.1 Å². The molecule has 2 aromatic rings. The zero-order chi connectivity index (χ0) is 15.1. The van der Waals surface area contributed by atoms with Gasteiger partial charge in [-0.1, -0.05) is 5.16 Å². The molecular formula is C15H16FN3O2. The summed E-state index contributed by atoms with van der Waals surface area (Å²) in [6.07, 6.45) is 0. The Hall–Kier alpha value is -2.37. The van der Waals surface area contributed by atoms with Gasteiger partial charge in [-0.05, 0) is 32.0 Å². The lowest BCUT2D eigenvalue weighted by Crippen LogP contribution is -2.43. The van der Waals surface area contributed by atoms with E-state index in [-0.39, 0.29) is 11.7 Å². The minimum absolute atomic E-state index is 0.203. The quantitative estimate of drug-likeness (QED) is 0.809. The van der Waals surface area contributed by atoms with Gasteiger partial charge in [-0.3, -0.25) is 4.79 Å². The first-order valence-electron chi connectivity index (χ1n) is 6.74. The lowest BCUT2D eigenvalue weighted by molar-refractivity contribution is 0.0985. The number of hydrogen-bond donors (Lipinski definition) is 0. The largest absolute Gasteiger partial charge is 0.371 e. The van der Waals surface area contributed by atoms with Crippen molar-refractivity contribution in [3.63, 3.8) is 0 Å². The molecule has 0 unspecified atom stereocenters. The molecule has 110 valence electrons. The number of carbonyl (C=O) groups is 1. The van der Waals surface area contributed by atoms with Gasteiger partial charge in [-0.25, -0.2) is 4.39 Å². The van der Waals surface area contributed by atoms with E-state index in [0.29, 0.717) is 35.8 Å². The zero-order valence-electron chi connectivity index (χ0n) is 12.2. The van der Waals surface area contributed by atoms with Crippen molar-refractivity contribution in [1.29, 1.82) is 0 Å². The lowest BCUT2D eigenvalue weighted by Gasteiger charge is -2.35. The molecule has 6 heteroatoms. The van der Waals surface area contributed by atoms with Crippen LogP contribution in [0.15, 0.2) is 22.7 Å². The van der Waals surface area contributed by atoms with Crippen LogP contribution in [-0.4, -0.2) is 31.2 Å². The third-order valence-corrected chi connectivity index (χ3v) is 3.79. The molecule has 3 rings (SSSR count). The van der Waals surface area contributed by atoms with E-state index in [4.69, 9.17) is 4.52 Å². The van der Waals surface area contributed by atoms with Gasteiger partial charge in [0.1, 0.15) is 17.1 Å². The normalized spacial score (nSPS) is 14.3. The fraction of sp³-hybridized carbons (Fsp3) is 0.333. The van der Waals surface area contributed by atoms with Gasteiger partial charge in [0.2, 0.25) is 0 Å². The molecule has 1 amide bonds. The van der Waals surface area contributed by atoms with Crippen LogP contribution in [0.25, 0.3) is 0 Å². The second-order valence-electron chi connectivity index (χ2n) is 5.21. The first-order chi connectivity index (χ1) is 9.99. The highest BCUT2D eigenvalue weighted by Crippen LogP contribution is 2.34. The number of benzene rings is 1. The van der Waals surface area contributed by atoms with Crippen molar-refractivity contribution in [3.05, 3.63) is 41.0 Å². The minimum atomic E-state index is -0.361. The summed E-state index contributed by atoms with van der Waals surface area (Å²) >= 11 is 0. The Balaban J connectivity index is 2.07. The van der Waals surface area contributed by atoms with Gasteiger partial charge in [0.15, 0.2) is 0 Å². The summed E-state index contributed by atoms with van der Waals surface area (Å²) in [7, 11) is 1.93. The number of likely N-dealkylation sites (N-methyl/N-ethyl adjacent to an activating group) is 1. The van der Waals surface area contributed by atoms with Crippen LogP contribution in [0.5, 0.6) is 0 Å². The Morgan fingerprint density at radius 1 is 1.29 bits per heavy atom. The molecule has 0 N–H and O–H groups in total. The van der Waals surface area contributed by atoms with Gasteiger partial charge in [0, 0.05) is 20.1 Å². The second kappa shape index (κ2) is 4.87. The SMILES string of the molecule is Cc1noc(C)c1C(=O)N1CCN(C)c2ccc(F)cc21. The number of fused-ring (bicyclic) bond motifs is 1. The Morgan fingerprint density at radius 2 is 2.05 bits per heavy atom. The average Bonchev–Trinajstić information content (AvgIpc) is 2.78. The third-order valence-electron chi connectivity index (χ3n) is 3.79. The summed E-state index contributed by atoms with van der Waals surface area (Å²) in [5.41, 5.74) is 2.42. The molecule has 0 bridgehead atoms. The molecule has 21 heavy (non-hydrogen) atoms. The highest BCUT2D eigenvalue weighted by atomic mass is 19.1. The van der Waals surface area contributed by atoms with E-state index in [1.807, 2.05) is 11.9 Å². The summed E-state index contributed by atoms with van der Waals surface area (Å²) < 4.78 is 18.6. The molecule has 5 nitrogen and oxygen atoms in total. The van der Waals surface area contributed by atoms with Crippen LogP contribution >= 0.6 is 0 Å². The number of aromatic nitrogens is 1. The maximum Gasteiger partial charge on any atom is 0.263 e. The monoisotopic (exact) mass is 289 g/mol. The number of carbonyl (C=O) groups excluding carboxylic acids is 1. The topological polar surface area (TPSA) is 49.6 Å². The summed E-state index contributed by atoms with van der Waals surface area (Å²) in [6, 6.07) is 4.48. The molecule has 0 spiro atoms. The standard InChI is InChI=1S/C15H16FN3O2/c1-9-14(10(2)21-17-9)15(20)19-7-6-18(3)12-5-4-11(16)8-13(12)19/h4-5,8H,6-7H2,1-3H3. The number of halogens is 1. The predicted octanol–water partition coefficient (Wildman–Crippen LogP) is 2.53. The van der Waals surface area contributed by atoms with E-state index in [9.17, 15) is 9.18 Å². The highest BCUT2D eigenvalue weighted by Gasteiger charge is 2.29. The molecule has 2 heterocycles. The van der Waals surface area contributed by atoms with Crippen LogP contribution < -0.4 is 9.80 Å². The first-order valence-corrected chi connectivity index (χ1v) is 6.74. The third kappa shape index (κ3) is 2.16. The molecule has 0 saturated carbocycles. The fourth-order valence-corrected chi connectivity index (χ4v) is 2.66. The Morgan fingerprint density at radius 3 is 2.71 bits per heavy atom. The number of rotatable bonds is 1. The summed E-state index contributed by atoms with van der Waals surface area (Å²) in [6.45, 7) is 4.62. The van der Waals surface area contributed by atoms with E-state index in [1.54, 1.807) is 24.8 Å². The molecule has 1 aromatic carbocycles. The molecule has 1 aliphatic rings. The van der Waals surface area contributed by atoms with E-state index in [2.05, 4.69) is 5.16 Å². The number of nitrogens with zero attached hydrogens (tertiary/aromatic N) is 3. The number of amides is 1. The average molecular weight is 289 g/mol. The van der Waals surface area contributed by atoms with Crippen LogP contribution in [0.1, 0.15) is 21.8 Å². The van der Waals surface area contributed by atoms with Crippen molar-refractivity contribution in [2.24, 2.45) is 0 Å². The predicted molar refractivity (Wildman–Crippen MR) is 77.3 cm³/mol. The fourth-order valence-electron chi connectivity index (χ4n) is 2.66. The number of aryl methyl sites for hydroxylation is 2. The van der Waals surface area contributed by atoms with Crippen LogP contribution in [0.2, 0.25) is 0 Å². The van der Waals surface area contributed by atoms with Crippen molar-refractivity contribution >= 4 is 17.3 Å². The summed E-state index contributed by atoms with van der Waals surface area (Å²) in [5.74, 6) is -0.0822. The molecule has 1 aromatic heterocycles. The molecule has 0 aliphatic carbocycles. The second-order valence-corrected chi connectivity index (χ2v) is 5.21. The maximum absolute atomic E-state index is 13.6. The number of hydrogen-bond acceptors (Lipinski definition) is 4. The molecule has 0 fully saturated rings. The van der Waals surface area contributed by atoms with Gasteiger partial charge in [-0.15, -0.1) is 0 Å². The van der Waals surface area contributed by atoms with E-state index in [0.717, 1.165) is 5.69 Å². The molecule has 1 aliphatic heterocycles. The van der Waals surface area contributed by atoms with Crippen LogP contribution in [-0.2, 0) is 0 Å². The smallest absolute Gasteiger partial charge is 0.263 e. The van der Waals surface area contributed by atoms with Crippen molar-refractivity contribution in [1.82, 2.24) is 5.16 Å². The molecular weight excluding hydrogens is 273 g/mol. The van der Waals surface area contributed by atoms with Crippen molar-refractivity contribution in [3.8, 4) is 0 Å². The van der Waals surface area contributed by atoms with Gasteiger partial charge < -0.3 is 14.3 Å². The van der Waals surface area contributed by atoms with Crippen LogP contribution in [0.4, 0.5) is 15.8 Å². The zero-order valence-corrected chi connectivity index (χ0v) is 12.2.